The van der Waals surface area contributed by atoms with Crippen molar-refractivity contribution in [2.24, 2.45) is 0 Å². The van der Waals surface area contributed by atoms with Crippen LogP contribution in [-0.2, 0) is 4.79 Å². The molecule has 0 bridgehead atoms. The van der Waals surface area contributed by atoms with Gasteiger partial charge in [-0.25, -0.2) is 0 Å². The Balaban J connectivity index is 2.33. The van der Waals surface area contributed by atoms with Gasteiger partial charge in [0.15, 0.2) is 0 Å². The molecule has 1 rings (SSSR count). The number of piperidine rings is 1. The first-order chi connectivity index (χ1) is 7.66. The lowest BCUT2D eigenvalue weighted by Crippen LogP contribution is -2.47. The maximum Gasteiger partial charge on any atom is 0.223 e. The second kappa shape index (κ2) is 6.93. The van der Waals surface area contributed by atoms with Crippen LogP contribution in [0.5, 0.6) is 0 Å². The van der Waals surface area contributed by atoms with Crippen LogP contribution in [0.15, 0.2) is 0 Å². The van der Waals surface area contributed by atoms with E-state index < -0.39 is 0 Å². The van der Waals surface area contributed by atoms with Crippen LogP contribution in [-0.4, -0.2) is 22.9 Å². The van der Waals surface area contributed by atoms with Gasteiger partial charge in [-0.15, -0.1) is 0 Å². The van der Waals surface area contributed by atoms with Gasteiger partial charge < -0.3 is 4.90 Å². The lowest BCUT2D eigenvalue weighted by molar-refractivity contribution is -0.137. The van der Waals surface area contributed by atoms with Gasteiger partial charge in [0, 0.05) is 18.5 Å². The first-order valence-corrected chi connectivity index (χ1v) is 6.98. The van der Waals surface area contributed by atoms with Crippen LogP contribution in [0.1, 0.15) is 72.1 Å². The molecule has 1 fully saturated rings. The monoisotopic (exact) mass is 225 g/mol. The van der Waals surface area contributed by atoms with Crippen LogP contribution in [0.4, 0.5) is 0 Å². The Kier molecular flexibility index (Phi) is 5.86. The van der Waals surface area contributed by atoms with E-state index in [1.54, 1.807) is 0 Å². The van der Waals surface area contributed by atoms with Crippen LogP contribution in [0.25, 0.3) is 0 Å². The van der Waals surface area contributed by atoms with E-state index in [9.17, 15) is 4.79 Å². The molecule has 1 aliphatic heterocycles. The second-order valence-corrected chi connectivity index (χ2v) is 5.24. The van der Waals surface area contributed by atoms with E-state index in [1.165, 1.54) is 38.5 Å². The Morgan fingerprint density at radius 1 is 1.12 bits per heavy atom. The average molecular weight is 225 g/mol. The molecule has 1 aliphatic rings. The molecule has 1 saturated heterocycles. The lowest BCUT2D eigenvalue weighted by atomic mass is 9.96. The molecule has 0 aromatic carbocycles. The Bertz CT molecular complexity index is 205. The van der Waals surface area contributed by atoms with E-state index in [0.717, 1.165) is 12.8 Å². The van der Waals surface area contributed by atoms with Gasteiger partial charge in [-0.3, -0.25) is 4.79 Å². The molecule has 0 spiro atoms. The van der Waals surface area contributed by atoms with E-state index in [4.69, 9.17) is 0 Å². The molecule has 0 aromatic rings. The predicted octanol–water partition coefficient (Wildman–Crippen LogP) is 3.75. The van der Waals surface area contributed by atoms with Gasteiger partial charge in [0.2, 0.25) is 5.91 Å². The van der Waals surface area contributed by atoms with Crippen molar-refractivity contribution >= 4 is 5.91 Å². The first kappa shape index (κ1) is 13.5. The molecular formula is C14H27NO. The summed E-state index contributed by atoms with van der Waals surface area (Å²) in [5, 5.41) is 0. The third-order valence-corrected chi connectivity index (χ3v) is 3.73. The zero-order chi connectivity index (χ0) is 12.0. The van der Waals surface area contributed by atoms with Crippen LogP contribution in [0.3, 0.4) is 0 Å². The van der Waals surface area contributed by atoms with Crippen molar-refractivity contribution in [3.05, 3.63) is 0 Å². The minimum absolute atomic E-state index is 0.385. The van der Waals surface area contributed by atoms with Crippen LogP contribution in [0, 0.1) is 0 Å². The molecule has 16 heavy (non-hydrogen) atoms. The van der Waals surface area contributed by atoms with Crippen LogP contribution >= 0.6 is 0 Å². The number of nitrogens with zero attached hydrogens (tertiary/aromatic N) is 1. The van der Waals surface area contributed by atoms with E-state index >= 15 is 0 Å². The summed E-state index contributed by atoms with van der Waals surface area (Å²) < 4.78 is 0. The zero-order valence-corrected chi connectivity index (χ0v) is 11.2. The third kappa shape index (κ3) is 3.80. The summed E-state index contributed by atoms with van der Waals surface area (Å²) in [6, 6.07) is 0.921. The summed E-state index contributed by atoms with van der Waals surface area (Å²) in [5.74, 6) is 0.385. The molecule has 0 radical (unpaired) electrons. The molecule has 0 aromatic heterocycles. The summed E-state index contributed by atoms with van der Waals surface area (Å²) in [4.78, 5) is 14.2. The quantitative estimate of drug-likeness (QED) is 0.653. The van der Waals surface area contributed by atoms with Gasteiger partial charge in [0.1, 0.15) is 0 Å². The van der Waals surface area contributed by atoms with Crippen molar-refractivity contribution in [2.45, 2.75) is 84.2 Å². The predicted molar refractivity (Wildman–Crippen MR) is 68.4 cm³/mol. The highest BCUT2D eigenvalue weighted by Gasteiger charge is 2.27. The van der Waals surface area contributed by atoms with Crippen molar-refractivity contribution in [1.29, 1.82) is 0 Å². The van der Waals surface area contributed by atoms with Gasteiger partial charge >= 0.3 is 0 Å². The highest BCUT2D eigenvalue weighted by Crippen LogP contribution is 2.23. The van der Waals surface area contributed by atoms with Crippen molar-refractivity contribution in [2.75, 3.05) is 0 Å². The molecule has 94 valence electrons. The number of hydrogen-bond acceptors (Lipinski definition) is 1. The average Bonchev–Trinajstić information content (AvgIpc) is 2.24. The number of amides is 1. The number of carbonyl (C=O) groups is 1. The SMILES string of the molecule is CCCCCCC(=O)N1C(C)CCCC1C. The largest absolute Gasteiger partial charge is 0.337 e. The summed E-state index contributed by atoms with van der Waals surface area (Å²) in [6.07, 6.45) is 9.19. The van der Waals surface area contributed by atoms with Gasteiger partial charge in [0.05, 0.1) is 0 Å². The first-order valence-electron chi connectivity index (χ1n) is 6.98. The topological polar surface area (TPSA) is 20.3 Å². The molecule has 2 heteroatoms. The minimum Gasteiger partial charge on any atom is -0.337 e. The van der Waals surface area contributed by atoms with Crippen molar-refractivity contribution in [1.82, 2.24) is 4.90 Å². The maximum atomic E-state index is 12.1. The molecule has 2 atom stereocenters. The van der Waals surface area contributed by atoms with E-state index in [1.807, 2.05) is 0 Å². The Morgan fingerprint density at radius 2 is 1.75 bits per heavy atom. The van der Waals surface area contributed by atoms with E-state index in [2.05, 4.69) is 25.7 Å². The normalized spacial score (nSPS) is 25.8. The standard InChI is InChI=1S/C14H27NO/c1-4-5-6-7-11-14(16)15-12(2)9-8-10-13(15)3/h12-13H,4-11H2,1-3H3. The lowest BCUT2D eigenvalue weighted by Gasteiger charge is -2.39. The maximum absolute atomic E-state index is 12.1. The molecule has 0 N–H and O–H groups in total. The fourth-order valence-corrected chi connectivity index (χ4v) is 2.74. The molecule has 0 aliphatic carbocycles. The number of carbonyl (C=O) groups excluding carboxylic acids is 1. The molecule has 2 nitrogen and oxygen atoms in total. The van der Waals surface area contributed by atoms with Crippen molar-refractivity contribution in [3.63, 3.8) is 0 Å². The van der Waals surface area contributed by atoms with Crippen LogP contribution < -0.4 is 0 Å². The van der Waals surface area contributed by atoms with Gasteiger partial charge in [-0.1, -0.05) is 26.2 Å². The molecular weight excluding hydrogens is 198 g/mol. The number of likely N-dealkylation sites (tertiary alicyclic amines) is 1. The molecule has 2 unspecified atom stereocenters. The van der Waals surface area contributed by atoms with Crippen molar-refractivity contribution in [3.8, 4) is 0 Å². The van der Waals surface area contributed by atoms with E-state index in [0.29, 0.717) is 18.0 Å². The van der Waals surface area contributed by atoms with Gasteiger partial charge in [-0.2, -0.15) is 0 Å². The highest BCUT2D eigenvalue weighted by molar-refractivity contribution is 5.76. The zero-order valence-electron chi connectivity index (χ0n) is 11.2. The molecule has 1 heterocycles. The fraction of sp³-hybridized carbons (Fsp3) is 0.929. The minimum atomic E-state index is 0.385. The summed E-state index contributed by atoms with van der Waals surface area (Å²) >= 11 is 0. The summed E-state index contributed by atoms with van der Waals surface area (Å²) in [5.41, 5.74) is 0. The molecule has 0 saturated carbocycles. The Morgan fingerprint density at radius 3 is 2.31 bits per heavy atom. The van der Waals surface area contributed by atoms with Gasteiger partial charge in [-0.05, 0) is 39.5 Å². The summed E-state index contributed by atoms with van der Waals surface area (Å²) in [7, 11) is 0. The van der Waals surface area contributed by atoms with Crippen LogP contribution in [0.2, 0.25) is 0 Å². The second-order valence-electron chi connectivity index (χ2n) is 5.24. The van der Waals surface area contributed by atoms with Crippen molar-refractivity contribution < 1.29 is 4.79 Å². The Hall–Kier alpha value is -0.530. The Labute approximate surface area is 100 Å². The van der Waals surface area contributed by atoms with Gasteiger partial charge in [0.25, 0.3) is 0 Å². The summed E-state index contributed by atoms with van der Waals surface area (Å²) in [6.45, 7) is 6.59. The number of rotatable bonds is 5. The fourth-order valence-electron chi connectivity index (χ4n) is 2.74. The highest BCUT2D eigenvalue weighted by atomic mass is 16.2. The van der Waals surface area contributed by atoms with E-state index in [-0.39, 0.29) is 0 Å². The smallest absolute Gasteiger partial charge is 0.223 e. The number of hydrogen-bond donors (Lipinski definition) is 0. The third-order valence-electron chi connectivity index (χ3n) is 3.73. The molecule has 1 amide bonds. The number of unbranched alkanes of at least 4 members (excludes halogenated alkanes) is 3.